The summed E-state index contributed by atoms with van der Waals surface area (Å²) >= 11 is 0. The fourth-order valence-electron chi connectivity index (χ4n) is 0.975. The van der Waals surface area contributed by atoms with Crippen molar-refractivity contribution in [1.29, 1.82) is 0 Å². The normalized spacial score (nSPS) is 7.93. The predicted molar refractivity (Wildman–Crippen MR) is 63.6 cm³/mol. The van der Waals surface area contributed by atoms with E-state index in [0.717, 1.165) is 23.6 Å². The first-order chi connectivity index (χ1) is 6.72. The first-order valence-electron chi connectivity index (χ1n) is 5.53. The van der Waals surface area contributed by atoms with Crippen LogP contribution in [0.5, 0.6) is 0 Å². The molecule has 0 saturated heterocycles. The van der Waals surface area contributed by atoms with Crippen molar-refractivity contribution in [1.82, 2.24) is 9.97 Å². The van der Waals surface area contributed by atoms with Crippen LogP contribution < -0.4 is 0 Å². The molecular formula is C12H24N2. The number of rotatable bonds is 1. The molecule has 14 heavy (non-hydrogen) atoms. The standard InChI is InChI=1S/C8H12N2.2C2H6/c1-4-8-5-6(2)9-7(3)10-8;2*1-2/h5H,4H2,1-3H3;2*1-2H3. The van der Waals surface area contributed by atoms with Crippen LogP contribution >= 0.6 is 0 Å². The molecule has 2 nitrogen and oxygen atoms in total. The quantitative estimate of drug-likeness (QED) is 0.684. The van der Waals surface area contributed by atoms with Gasteiger partial charge in [0.25, 0.3) is 0 Å². The van der Waals surface area contributed by atoms with Crippen LogP contribution in [0.1, 0.15) is 51.8 Å². The molecule has 0 saturated carbocycles. The van der Waals surface area contributed by atoms with Crippen molar-refractivity contribution in [2.45, 2.75) is 54.9 Å². The van der Waals surface area contributed by atoms with Crippen molar-refractivity contribution in [3.8, 4) is 0 Å². The molecule has 0 atom stereocenters. The van der Waals surface area contributed by atoms with E-state index in [4.69, 9.17) is 0 Å². The molecule has 0 radical (unpaired) electrons. The molecule has 0 aromatic carbocycles. The van der Waals surface area contributed by atoms with E-state index in [1.807, 2.05) is 47.6 Å². The van der Waals surface area contributed by atoms with Gasteiger partial charge >= 0.3 is 0 Å². The van der Waals surface area contributed by atoms with Gasteiger partial charge in [0.1, 0.15) is 5.82 Å². The number of nitrogens with zero attached hydrogens (tertiary/aromatic N) is 2. The van der Waals surface area contributed by atoms with Gasteiger partial charge in [-0.15, -0.1) is 0 Å². The van der Waals surface area contributed by atoms with Crippen LogP contribution in [0.25, 0.3) is 0 Å². The van der Waals surface area contributed by atoms with E-state index in [1.54, 1.807) is 0 Å². The van der Waals surface area contributed by atoms with E-state index in [1.165, 1.54) is 0 Å². The van der Waals surface area contributed by atoms with E-state index in [2.05, 4.69) is 16.9 Å². The molecule has 0 aliphatic carbocycles. The highest BCUT2D eigenvalue weighted by molar-refractivity contribution is 5.08. The summed E-state index contributed by atoms with van der Waals surface area (Å²) in [6, 6.07) is 2.02. The molecular weight excluding hydrogens is 172 g/mol. The number of aryl methyl sites for hydroxylation is 3. The average Bonchev–Trinajstić information content (AvgIpc) is 2.22. The third-order valence-corrected chi connectivity index (χ3v) is 1.38. The minimum absolute atomic E-state index is 0.872. The minimum Gasteiger partial charge on any atom is -0.239 e. The van der Waals surface area contributed by atoms with Gasteiger partial charge in [-0.25, -0.2) is 9.97 Å². The topological polar surface area (TPSA) is 25.8 Å². The second kappa shape index (κ2) is 10.2. The van der Waals surface area contributed by atoms with Crippen LogP contribution in [0, 0.1) is 13.8 Å². The summed E-state index contributed by atoms with van der Waals surface area (Å²) in [6.45, 7) is 14.0. The molecule has 0 N–H and O–H groups in total. The summed E-state index contributed by atoms with van der Waals surface area (Å²) in [4.78, 5) is 8.41. The lowest BCUT2D eigenvalue weighted by Crippen LogP contribution is -1.95. The summed E-state index contributed by atoms with van der Waals surface area (Å²) in [5.74, 6) is 0.872. The molecule has 0 bridgehead atoms. The lowest BCUT2D eigenvalue weighted by atomic mass is 10.3. The van der Waals surface area contributed by atoms with Gasteiger partial charge in [0.2, 0.25) is 0 Å². The van der Waals surface area contributed by atoms with Crippen molar-refractivity contribution < 1.29 is 0 Å². The lowest BCUT2D eigenvalue weighted by Gasteiger charge is -1.98. The molecule has 1 aromatic rings. The molecule has 82 valence electrons. The highest BCUT2D eigenvalue weighted by Gasteiger charge is 1.93. The molecule has 0 unspecified atom stereocenters. The summed E-state index contributed by atoms with van der Waals surface area (Å²) in [6.07, 6.45) is 0.990. The van der Waals surface area contributed by atoms with Crippen LogP contribution in [-0.4, -0.2) is 9.97 Å². The first kappa shape index (κ1) is 15.5. The Hall–Kier alpha value is -0.920. The highest BCUT2D eigenvalue weighted by atomic mass is 14.9. The Bertz CT molecular complexity index is 212. The molecule has 0 amide bonds. The van der Waals surface area contributed by atoms with E-state index in [9.17, 15) is 0 Å². The van der Waals surface area contributed by atoms with Crippen molar-refractivity contribution in [2.24, 2.45) is 0 Å². The fourth-order valence-corrected chi connectivity index (χ4v) is 0.975. The van der Waals surface area contributed by atoms with Gasteiger partial charge in [-0.05, 0) is 26.3 Å². The van der Waals surface area contributed by atoms with Gasteiger partial charge in [-0.3, -0.25) is 0 Å². The first-order valence-corrected chi connectivity index (χ1v) is 5.53. The molecule has 0 aliphatic rings. The van der Waals surface area contributed by atoms with Crippen LogP contribution in [0.2, 0.25) is 0 Å². The van der Waals surface area contributed by atoms with Crippen LogP contribution in [-0.2, 0) is 6.42 Å². The van der Waals surface area contributed by atoms with E-state index >= 15 is 0 Å². The van der Waals surface area contributed by atoms with E-state index < -0.39 is 0 Å². The molecule has 2 heteroatoms. The SMILES string of the molecule is CC.CC.CCc1cc(C)nc(C)n1. The molecule has 1 aromatic heterocycles. The van der Waals surface area contributed by atoms with Gasteiger partial charge in [0.05, 0.1) is 0 Å². The number of hydrogen-bond donors (Lipinski definition) is 0. The maximum Gasteiger partial charge on any atom is 0.125 e. The van der Waals surface area contributed by atoms with Crippen molar-refractivity contribution in [3.05, 3.63) is 23.3 Å². The summed E-state index contributed by atoms with van der Waals surface area (Å²) in [7, 11) is 0. The average molecular weight is 196 g/mol. The highest BCUT2D eigenvalue weighted by Crippen LogP contribution is 1.99. The largest absolute Gasteiger partial charge is 0.239 e. The Morgan fingerprint density at radius 3 is 1.86 bits per heavy atom. The van der Waals surface area contributed by atoms with Gasteiger partial charge in [0, 0.05) is 11.4 Å². The summed E-state index contributed by atoms with van der Waals surface area (Å²) in [5.41, 5.74) is 2.19. The zero-order chi connectivity index (χ0) is 11.6. The van der Waals surface area contributed by atoms with Gasteiger partial charge in [-0.1, -0.05) is 34.6 Å². The van der Waals surface area contributed by atoms with Crippen molar-refractivity contribution in [3.63, 3.8) is 0 Å². The minimum atomic E-state index is 0.872. The van der Waals surface area contributed by atoms with Gasteiger partial charge in [0.15, 0.2) is 0 Å². The third-order valence-electron chi connectivity index (χ3n) is 1.38. The Balaban J connectivity index is 0. The molecule has 1 heterocycles. The van der Waals surface area contributed by atoms with E-state index in [-0.39, 0.29) is 0 Å². The van der Waals surface area contributed by atoms with Gasteiger partial charge < -0.3 is 0 Å². The second-order valence-corrected chi connectivity index (χ2v) is 2.40. The Kier molecular flexibility index (Phi) is 11.3. The Labute approximate surface area is 88.8 Å². The monoisotopic (exact) mass is 196 g/mol. The number of aromatic nitrogens is 2. The molecule has 0 fully saturated rings. The Morgan fingerprint density at radius 2 is 1.50 bits per heavy atom. The third kappa shape index (κ3) is 6.58. The fraction of sp³-hybridized carbons (Fsp3) is 0.667. The maximum absolute atomic E-state index is 4.24. The zero-order valence-corrected chi connectivity index (χ0v) is 10.7. The summed E-state index contributed by atoms with van der Waals surface area (Å²) < 4.78 is 0. The zero-order valence-electron chi connectivity index (χ0n) is 10.7. The van der Waals surface area contributed by atoms with Crippen LogP contribution in [0.3, 0.4) is 0 Å². The summed E-state index contributed by atoms with van der Waals surface area (Å²) in [5, 5.41) is 0. The molecule has 0 spiro atoms. The van der Waals surface area contributed by atoms with E-state index in [0.29, 0.717) is 0 Å². The number of hydrogen-bond acceptors (Lipinski definition) is 2. The molecule has 1 rings (SSSR count). The van der Waals surface area contributed by atoms with Crippen molar-refractivity contribution >= 4 is 0 Å². The van der Waals surface area contributed by atoms with Crippen LogP contribution in [0.15, 0.2) is 6.07 Å². The van der Waals surface area contributed by atoms with Crippen molar-refractivity contribution in [2.75, 3.05) is 0 Å². The second-order valence-electron chi connectivity index (χ2n) is 2.40. The smallest absolute Gasteiger partial charge is 0.125 e. The lowest BCUT2D eigenvalue weighted by molar-refractivity contribution is 0.926. The predicted octanol–water partition coefficient (Wildman–Crippen LogP) is 3.71. The maximum atomic E-state index is 4.24. The van der Waals surface area contributed by atoms with Crippen LogP contribution in [0.4, 0.5) is 0 Å². The Morgan fingerprint density at radius 1 is 1.00 bits per heavy atom. The molecule has 0 aliphatic heterocycles. The van der Waals surface area contributed by atoms with Gasteiger partial charge in [-0.2, -0.15) is 0 Å².